The minimum absolute atomic E-state index is 0.0368. The summed E-state index contributed by atoms with van der Waals surface area (Å²) in [5.74, 6) is 0. The Morgan fingerprint density at radius 1 is 1.25 bits per heavy atom. The molecule has 0 fully saturated rings. The van der Waals surface area contributed by atoms with Gasteiger partial charge in [-0.1, -0.05) is 13.8 Å². The zero-order valence-electron chi connectivity index (χ0n) is 11.5. The number of nitrogens with one attached hydrogen (secondary N) is 1. The Morgan fingerprint density at radius 3 is 2.40 bits per heavy atom. The Morgan fingerprint density at radius 2 is 1.90 bits per heavy atom. The van der Waals surface area contributed by atoms with E-state index < -0.39 is 11.7 Å². The molecule has 1 rings (SSSR count). The summed E-state index contributed by atoms with van der Waals surface area (Å²) in [7, 11) is 0. The number of alkyl halides is 3. The maximum atomic E-state index is 12.5. The van der Waals surface area contributed by atoms with Gasteiger partial charge in [-0.15, -0.1) is 0 Å². The average Bonchev–Trinajstić information content (AvgIpc) is 2.34. The predicted octanol–water partition coefficient (Wildman–Crippen LogP) is 4.68. The van der Waals surface area contributed by atoms with Crippen LogP contribution in [-0.2, 0) is 6.18 Å². The largest absolute Gasteiger partial charge is 0.416 e. The summed E-state index contributed by atoms with van der Waals surface area (Å²) >= 11 is 3.16. The number of halogens is 4. The highest BCUT2D eigenvalue weighted by Crippen LogP contribution is 2.34. The molecule has 0 unspecified atom stereocenters. The standard InChI is InChI=1S/C14H19BrF3NO/c1-13(2,6-3-7-20)9-19-12-5-4-10(8-11(12)15)14(16,17)18/h4-5,8,19-20H,3,6-7,9H2,1-2H3. The van der Waals surface area contributed by atoms with E-state index in [-0.39, 0.29) is 12.0 Å². The smallest absolute Gasteiger partial charge is 0.396 e. The van der Waals surface area contributed by atoms with E-state index in [0.717, 1.165) is 18.6 Å². The Hall–Kier alpha value is -0.750. The van der Waals surface area contributed by atoms with Gasteiger partial charge in [0.2, 0.25) is 0 Å². The number of anilines is 1. The van der Waals surface area contributed by atoms with Crippen LogP contribution in [0.3, 0.4) is 0 Å². The fourth-order valence-corrected chi connectivity index (χ4v) is 2.33. The first-order chi connectivity index (χ1) is 9.15. The molecule has 0 aliphatic carbocycles. The molecule has 0 saturated carbocycles. The van der Waals surface area contributed by atoms with Gasteiger partial charge < -0.3 is 10.4 Å². The van der Waals surface area contributed by atoms with Gasteiger partial charge in [0.05, 0.1) is 5.56 Å². The molecule has 0 bridgehead atoms. The summed E-state index contributed by atoms with van der Waals surface area (Å²) < 4.78 is 38.0. The Balaban J connectivity index is 2.70. The van der Waals surface area contributed by atoms with Crippen LogP contribution in [0.15, 0.2) is 22.7 Å². The maximum absolute atomic E-state index is 12.5. The molecule has 1 aromatic carbocycles. The summed E-state index contributed by atoms with van der Waals surface area (Å²) in [6.45, 7) is 4.87. The van der Waals surface area contributed by atoms with E-state index in [2.05, 4.69) is 21.2 Å². The second kappa shape index (κ2) is 6.80. The molecule has 0 atom stereocenters. The number of benzene rings is 1. The zero-order chi connectivity index (χ0) is 15.4. The van der Waals surface area contributed by atoms with Gasteiger partial charge in [0, 0.05) is 23.3 Å². The van der Waals surface area contributed by atoms with E-state index in [0.29, 0.717) is 23.1 Å². The highest BCUT2D eigenvalue weighted by atomic mass is 79.9. The molecule has 0 aromatic heterocycles. The van der Waals surface area contributed by atoms with Crippen LogP contribution in [0.5, 0.6) is 0 Å². The van der Waals surface area contributed by atoms with Gasteiger partial charge in [-0.25, -0.2) is 0 Å². The predicted molar refractivity (Wildman–Crippen MR) is 77.7 cm³/mol. The summed E-state index contributed by atoms with van der Waals surface area (Å²) in [6, 6.07) is 3.56. The van der Waals surface area contributed by atoms with Gasteiger partial charge in [0.25, 0.3) is 0 Å². The normalized spacial score (nSPS) is 12.6. The molecule has 0 saturated heterocycles. The molecule has 0 radical (unpaired) electrons. The second-order valence-electron chi connectivity index (χ2n) is 5.54. The van der Waals surface area contributed by atoms with Crippen molar-refractivity contribution in [3.8, 4) is 0 Å². The third-order valence-corrected chi connectivity index (χ3v) is 3.72. The lowest BCUT2D eigenvalue weighted by Crippen LogP contribution is -2.23. The number of aliphatic hydroxyl groups excluding tert-OH is 1. The van der Waals surface area contributed by atoms with E-state index >= 15 is 0 Å². The van der Waals surface area contributed by atoms with E-state index in [1.54, 1.807) is 0 Å². The molecule has 6 heteroatoms. The SMILES string of the molecule is CC(C)(CCCO)CNc1ccc(C(F)(F)F)cc1Br. The minimum Gasteiger partial charge on any atom is -0.396 e. The third-order valence-electron chi connectivity index (χ3n) is 3.07. The fraction of sp³-hybridized carbons (Fsp3) is 0.571. The highest BCUT2D eigenvalue weighted by molar-refractivity contribution is 9.10. The summed E-state index contributed by atoms with van der Waals surface area (Å²) in [5, 5.41) is 12.0. The first-order valence-electron chi connectivity index (χ1n) is 6.37. The molecule has 2 N–H and O–H groups in total. The van der Waals surface area contributed by atoms with Gasteiger partial charge in [-0.05, 0) is 52.4 Å². The van der Waals surface area contributed by atoms with Crippen LogP contribution in [0.4, 0.5) is 18.9 Å². The molecule has 2 nitrogen and oxygen atoms in total. The van der Waals surface area contributed by atoms with Crippen LogP contribution in [0.25, 0.3) is 0 Å². The third kappa shape index (κ3) is 5.32. The monoisotopic (exact) mass is 353 g/mol. The lowest BCUT2D eigenvalue weighted by atomic mass is 9.88. The van der Waals surface area contributed by atoms with Crippen molar-refractivity contribution in [1.29, 1.82) is 0 Å². The molecule has 0 amide bonds. The Kier molecular flexibility index (Phi) is 5.89. The van der Waals surface area contributed by atoms with Crippen molar-refractivity contribution in [2.24, 2.45) is 5.41 Å². The Labute approximate surface area is 125 Å². The Bertz CT molecular complexity index is 447. The molecule has 20 heavy (non-hydrogen) atoms. The van der Waals surface area contributed by atoms with Crippen LogP contribution in [0.1, 0.15) is 32.3 Å². The quantitative estimate of drug-likeness (QED) is 0.778. The van der Waals surface area contributed by atoms with Crippen molar-refractivity contribution >= 4 is 21.6 Å². The van der Waals surface area contributed by atoms with Crippen molar-refractivity contribution in [2.75, 3.05) is 18.5 Å². The van der Waals surface area contributed by atoms with E-state index in [1.165, 1.54) is 6.07 Å². The summed E-state index contributed by atoms with van der Waals surface area (Å²) in [6.07, 6.45) is -2.78. The zero-order valence-corrected chi connectivity index (χ0v) is 13.1. The van der Waals surface area contributed by atoms with Crippen LogP contribution >= 0.6 is 15.9 Å². The van der Waals surface area contributed by atoms with Gasteiger partial charge in [-0.3, -0.25) is 0 Å². The van der Waals surface area contributed by atoms with Crippen LogP contribution < -0.4 is 5.32 Å². The molecule has 0 heterocycles. The molecule has 1 aromatic rings. The van der Waals surface area contributed by atoms with Gasteiger partial charge >= 0.3 is 6.18 Å². The lowest BCUT2D eigenvalue weighted by Gasteiger charge is -2.25. The van der Waals surface area contributed by atoms with Crippen molar-refractivity contribution < 1.29 is 18.3 Å². The van der Waals surface area contributed by atoms with Gasteiger partial charge in [0.15, 0.2) is 0 Å². The van der Waals surface area contributed by atoms with Crippen molar-refractivity contribution in [3.05, 3.63) is 28.2 Å². The summed E-state index contributed by atoms with van der Waals surface area (Å²) in [4.78, 5) is 0. The first-order valence-corrected chi connectivity index (χ1v) is 7.16. The van der Waals surface area contributed by atoms with Crippen LogP contribution in [0, 0.1) is 5.41 Å². The summed E-state index contributed by atoms with van der Waals surface area (Å²) in [5.41, 5.74) is -0.0743. The molecule has 0 aliphatic heterocycles. The first kappa shape index (κ1) is 17.3. The van der Waals surface area contributed by atoms with Gasteiger partial charge in [-0.2, -0.15) is 13.2 Å². The van der Waals surface area contributed by atoms with Crippen LogP contribution in [-0.4, -0.2) is 18.3 Å². The molecular weight excluding hydrogens is 335 g/mol. The van der Waals surface area contributed by atoms with Crippen LogP contribution in [0.2, 0.25) is 0 Å². The average molecular weight is 354 g/mol. The van der Waals surface area contributed by atoms with Crippen molar-refractivity contribution in [1.82, 2.24) is 0 Å². The topological polar surface area (TPSA) is 32.3 Å². The van der Waals surface area contributed by atoms with E-state index in [4.69, 9.17) is 5.11 Å². The number of hydrogen-bond acceptors (Lipinski definition) is 2. The van der Waals surface area contributed by atoms with E-state index in [1.807, 2.05) is 13.8 Å². The van der Waals surface area contributed by atoms with Crippen molar-refractivity contribution in [3.63, 3.8) is 0 Å². The van der Waals surface area contributed by atoms with Gasteiger partial charge in [0.1, 0.15) is 0 Å². The molecule has 0 aliphatic rings. The maximum Gasteiger partial charge on any atom is 0.416 e. The second-order valence-corrected chi connectivity index (χ2v) is 6.39. The lowest BCUT2D eigenvalue weighted by molar-refractivity contribution is -0.137. The molecule has 0 spiro atoms. The molecule has 114 valence electrons. The minimum atomic E-state index is -4.33. The number of aliphatic hydroxyl groups is 1. The number of rotatable bonds is 6. The van der Waals surface area contributed by atoms with Crippen molar-refractivity contribution in [2.45, 2.75) is 32.9 Å². The van der Waals surface area contributed by atoms with E-state index in [9.17, 15) is 13.2 Å². The highest BCUT2D eigenvalue weighted by Gasteiger charge is 2.30. The number of hydrogen-bond donors (Lipinski definition) is 2. The fourth-order valence-electron chi connectivity index (χ4n) is 1.82. The molecular formula is C14H19BrF3NO.